The molecule has 0 heterocycles. The maximum Gasteiger partial charge on any atom is 0.0176 e. The Bertz CT molecular complexity index is 394. The summed E-state index contributed by atoms with van der Waals surface area (Å²) < 4.78 is 0. The molecule has 0 bridgehead atoms. The molecule has 0 aliphatic carbocycles. The summed E-state index contributed by atoms with van der Waals surface area (Å²) in [5.74, 6) is 0. The molecule has 1 aromatic carbocycles. The average Bonchev–Trinajstić information content (AvgIpc) is 2.42. The van der Waals surface area contributed by atoms with Crippen LogP contribution in [-0.4, -0.2) is 0 Å². The highest BCUT2D eigenvalue weighted by Crippen LogP contribution is 2.26. The molecule has 0 aliphatic rings. The van der Waals surface area contributed by atoms with Crippen molar-refractivity contribution in [1.29, 1.82) is 0 Å². The lowest BCUT2D eigenvalue weighted by atomic mass is 9.97. The third-order valence-corrected chi connectivity index (χ3v) is 4.02. The van der Waals surface area contributed by atoms with E-state index < -0.39 is 0 Å². The van der Waals surface area contributed by atoms with Crippen LogP contribution >= 0.6 is 25.3 Å². The van der Waals surface area contributed by atoms with Crippen LogP contribution < -0.4 is 0 Å². The topological polar surface area (TPSA) is 0 Å². The van der Waals surface area contributed by atoms with Crippen LogP contribution in [0.25, 0.3) is 4.91 Å². The molecule has 100 valence electrons. The molecule has 0 aliphatic heterocycles. The fraction of sp³-hybridized carbons (Fsp3) is 0.500. The van der Waals surface area contributed by atoms with E-state index in [0.29, 0.717) is 0 Å². The molecule has 1 rings (SSSR count). The maximum atomic E-state index is 4.53. The van der Waals surface area contributed by atoms with E-state index in [9.17, 15) is 0 Å². The molecule has 0 fully saturated rings. The van der Waals surface area contributed by atoms with Gasteiger partial charge in [-0.15, -0.1) is 12.6 Å². The van der Waals surface area contributed by atoms with Crippen molar-refractivity contribution in [2.24, 2.45) is 0 Å². The van der Waals surface area contributed by atoms with Gasteiger partial charge in [0.05, 0.1) is 0 Å². The Hall–Kier alpha value is -0.340. The molecule has 0 saturated heterocycles. The van der Waals surface area contributed by atoms with Gasteiger partial charge in [-0.25, -0.2) is 0 Å². The third-order valence-electron chi connectivity index (χ3n) is 3.19. The standard InChI is InChI=1S/C16H24S2/c1-3-5-7-13-9-10-14(8-6-4-2)15(11-13)16(18)12-17/h9-12,17-18H,3-8H2,1-2H3/b16-12-. The molecular weight excluding hydrogens is 256 g/mol. The monoisotopic (exact) mass is 280 g/mol. The summed E-state index contributed by atoms with van der Waals surface area (Å²) in [6, 6.07) is 6.82. The Morgan fingerprint density at radius 1 is 1.11 bits per heavy atom. The van der Waals surface area contributed by atoms with Gasteiger partial charge < -0.3 is 0 Å². The van der Waals surface area contributed by atoms with E-state index in [1.165, 1.54) is 42.4 Å². The van der Waals surface area contributed by atoms with Gasteiger partial charge in [0.15, 0.2) is 0 Å². The molecule has 0 amide bonds. The van der Waals surface area contributed by atoms with Gasteiger partial charge in [0, 0.05) is 4.91 Å². The minimum Gasteiger partial charge on any atom is -0.150 e. The summed E-state index contributed by atoms with van der Waals surface area (Å²) in [5.41, 5.74) is 4.07. The van der Waals surface area contributed by atoms with E-state index in [-0.39, 0.29) is 0 Å². The van der Waals surface area contributed by atoms with Crippen LogP contribution in [0.4, 0.5) is 0 Å². The zero-order chi connectivity index (χ0) is 13.4. The molecule has 0 saturated carbocycles. The van der Waals surface area contributed by atoms with Crippen molar-refractivity contribution in [3.8, 4) is 0 Å². The summed E-state index contributed by atoms with van der Waals surface area (Å²) in [7, 11) is 0. The van der Waals surface area contributed by atoms with Crippen LogP contribution in [-0.2, 0) is 12.8 Å². The Morgan fingerprint density at radius 3 is 2.39 bits per heavy atom. The summed E-state index contributed by atoms with van der Waals surface area (Å²) in [6.07, 6.45) is 7.23. The molecule has 1 aromatic rings. The Morgan fingerprint density at radius 2 is 1.78 bits per heavy atom. The summed E-state index contributed by atoms with van der Waals surface area (Å²) in [5, 5.41) is 1.79. The third kappa shape index (κ3) is 4.74. The number of unbranched alkanes of at least 4 members (excludes halogenated alkanes) is 2. The number of aryl methyl sites for hydroxylation is 2. The molecule has 0 N–H and O–H groups in total. The number of thiol groups is 2. The molecule has 0 nitrogen and oxygen atoms in total. The maximum absolute atomic E-state index is 4.53. The minimum atomic E-state index is 0.975. The first-order chi connectivity index (χ1) is 8.72. The Labute approximate surface area is 123 Å². The highest BCUT2D eigenvalue weighted by Gasteiger charge is 2.06. The molecule has 0 unspecified atom stereocenters. The normalized spacial score (nSPS) is 11.9. The van der Waals surface area contributed by atoms with Crippen LogP contribution in [0.5, 0.6) is 0 Å². The highest BCUT2D eigenvalue weighted by atomic mass is 32.1. The second-order valence-electron chi connectivity index (χ2n) is 4.71. The van der Waals surface area contributed by atoms with Gasteiger partial charge >= 0.3 is 0 Å². The predicted molar refractivity (Wildman–Crippen MR) is 89.6 cm³/mol. The zero-order valence-corrected chi connectivity index (χ0v) is 13.2. The Balaban J connectivity index is 2.96. The van der Waals surface area contributed by atoms with E-state index in [1.807, 2.05) is 0 Å². The summed E-state index contributed by atoms with van der Waals surface area (Å²) in [6.45, 7) is 4.46. The molecule has 0 aromatic heterocycles. The number of hydrogen-bond acceptors (Lipinski definition) is 2. The van der Waals surface area contributed by atoms with Crippen molar-refractivity contribution in [3.05, 3.63) is 40.3 Å². The van der Waals surface area contributed by atoms with Gasteiger partial charge in [0.1, 0.15) is 0 Å². The van der Waals surface area contributed by atoms with Gasteiger partial charge in [0.2, 0.25) is 0 Å². The van der Waals surface area contributed by atoms with Gasteiger partial charge in [-0.05, 0) is 47.8 Å². The quantitative estimate of drug-likeness (QED) is 0.603. The molecule has 0 spiro atoms. The van der Waals surface area contributed by atoms with Crippen molar-refractivity contribution in [2.45, 2.75) is 52.4 Å². The van der Waals surface area contributed by atoms with Gasteiger partial charge in [-0.2, -0.15) is 12.6 Å². The van der Waals surface area contributed by atoms with Crippen molar-refractivity contribution in [1.82, 2.24) is 0 Å². The molecule has 18 heavy (non-hydrogen) atoms. The molecule has 2 heteroatoms. The highest BCUT2D eigenvalue weighted by molar-refractivity contribution is 7.92. The van der Waals surface area contributed by atoms with Crippen LogP contribution in [0.15, 0.2) is 23.6 Å². The number of benzene rings is 1. The second kappa shape index (κ2) is 8.71. The number of hydrogen-bond donors (Lipinski definition) is 2. The van der Waals surface area contributed by atoms with E-state index in [4.69, 9.17) is 0 Å². The van der Waals surface area contributed by atoms with Crippen LogP contribution in [0.1, 0.15) is 56.2 Å². The van der Waals surface area contributed by atoms with Crippen LogP contribution in [0.3, 0.4) is 0 Å². The van der Waals surface area contributed by atoms with Crippen molar-refractivity contribution >= 4 is 30.2 Å². The lowest BCUT2D eigenvalue weighted by Crippen LogP contribution is -1.95. The average molecular weight is 281 g/mol. The van der Waals surface area contributed by atoms with Crippen LogP contribution in [0.2, 0.25) is 0 Å². The fourth-order valence-electron chi connectivity index (χ4n) is 2.05. The SMILES string of the molecule is CCCCc1ccc(CCCC)c(/C(S)=C/S)c1. The van der Waals surface area contributed by atoms with Gasteiger partial charge in [-0.3, -0.25) is 0 Å². The fourth-order valence-corrected chi connectivity index (χ4v) is 2.40. The van der Waals surface area contributed by atoms with Gasteiger partial charge in [0.25, 0.3) is 0 Å². The predicted octanol–water partition coefficient (Wildman–Crippen LogP) is 5.53. The first kappa shape index (κ1) is 15.7. The van der Waals surface area contributed by atoms with Crippen LogP contribution in [0, 0.1) is 0 Å². The molecular formula is C16H24S2. The summed E-state index contributed by atoms with van der Waals surface area (Å²) in [4.78, 5) is 0.975. The van der Waals surface area contributed by atoms with Crippen molar-refractivity contribution in [2.75, 3.05) is 0 Å². The Kier molecular flexibility index (Phi) is 7.60. The zero-order valence-electron chi connectivity index (χ0n) is 11.4. The minimum absolute atomic E-state index is 0.975. The lowest BCUT2D eigenvalue weighted by molar-refractivity contribution is 0.785. The van der Waals surface area contributed by atoms with E-state index in [1.54, 1.807) is 5.41 Å². The number of rotatable bonds is 7. The molecule has 0 atom stereocenters. The van der Waals surface area contributed by atoms with Crippen molar-refractivity contribution in [3.63, 3.8) is 0 Å². The first-order valence-corrected chi connectivity index (χ1v) is 7.84. The van der Waals surface area contributed by atoms with Crippen molar-refractivity contribution < 1.29 is 0 Å². The lowest BCUT2D eigenvalue weighted by Gasteiger charge is -2.11. The smallest absolute Gasteiger partial charge is 0.0176 e. The largest absolute Gasteiger partial charge is 0.150 e. The summed E-state index contributed by atoms with van der Waals surface area (Å²) >= 11 is 8.77. The second-order valence-corrected chi connectivity index (χ2v) is 5.45. The van der Waals surface area contributed by atoms with Gasteiger partial charge in [-0.1, -0.05) is 44.9 Å². The van der Waals surface area contributed by atoms with E-state index in [0.717, 1.165) is 17.7 Å². The molecule has 0 radical (unpaired) electrons. The van der Waals surface area contributed by atoms with E-state index in [2.05, 4.69) is 57.3 Å². The van der Waals surface area contributed by atoms with E-state index >= 15 is 0 Å². The first-order valence-electron chi connectivity index (χ1n) is 6.88.